The number of amides is 1. The number of guanidine groups is 1. The van der Waals surface area contributed by atoms with Gasteiger partial charge in [-0.05, 0) is 31.0 Å². The normalized spacial score (nSPS) is 12.2. The molecule has 0 saturated heterocycles. The fourth-order valence-electron chi connectivity index (χ4n) is 1.46. The molecule has 118 valence electrons. The Hall–Kier alpha value is -1.51. The van der Waals surface area contributed by atoms with E-state index in [0.29, 0.717) is 24.3 Å². The molecule has 0 fully saturated rings. The lowest BCUT2D eigenvalue weighted by Crippen LogP contribution is -2.38. The summed E-state index contributed by atoms with van der Waals surface area (Å²) in [6.07, 6.45) is 0.979. The smallest absolute Gasteiger partial charge is 0.255 e. The van der Waals surface area contributed by atoms with E-state index in [1.807, 2.05) is 25.1 Å². The Labute approximate surface area is 142 Å². The van der Waals surface area contributed by atoms with Crippen LogP contribution in [0.5, 0.6) is 5.75 Å². The highest BCUT2D eigenvalue weighted by Crippen LogP contribution is 2.13. The van der Waals surface area contributed by atoms with Gasteiger partial charge in [0, 0.05) is 6.04 Å². The molecule has 1 atom stereocenters. The molecule has 1 aromatic rings. The van der Waals surface area contributed by atoms with Crippen LogP contribution in [0.4, 0.5) is 0 Å². The van der Waals surface area contributed by atoms with Crippen molar-refractivity contribution in [1.82, 2.24) is 5.32 Å². The van der Waals surface area contributed by atoms with Gasteiger partial charge in [0.25, 0.3) is 5.91 Å². The number of carbonyl (C=O) groups is 1. The van der Waals surface area contributed by atoms with E-state index in [2.05, 4.69) is 17.2 Å². The van der Waals surface area contributed by atoms with Gasteiger partial charge in [-0.1, -0.05) is 19.1 Å². The van der Waals surface area contributed by atoms with Gasteiger partial charge < -0.3 is 21.5 Å². The summed E-state index contributed by atoms with van der Waals surface area (Å²) in [5.41, 5.74) is 11.8. The van der Waals surface area contributed by atoms with Gasteiger partial charge in [-0.15, -0.1) is 24.0 Å². The number of ether oxygens (including phenoxy) is 1. The average molecular weight is 406 g/mol. The zero-order valence-corrected chi connectivity index (χ0v) is 14.7. The number of primary amides is 1. The van der Waals surface area contributed by atoms with Crippen LogP contribution in [0.15, 0.2) is 29.3 Å². The predicted molar refractivity (Wildman–Crippen MR) is 94.8 cm³/mol. The molecule has 1 amide bonds. The first-order chi connectivity index (χ1) is 9.51. The van der Waals surface area contributed by atoms with Crippen molar-refractivity contribution in [3.8, 4) is 5.75 Å². The maximum Gasteiger partial charge on any atom is 0.255 e. The summed E-state index contributed by atoms with van der Waals surface area (Å²) >= 11 is 0. The van der Waals surface area contributed by atoms with Crippen molar-refractivity contribution in [3.63, 3.8) is 0 Å². The van der Waals surface area contributed by atoms with Crippen LogP contribution in [0.3, 0.4) is 0 Å². The quantitative estimate of drug-likeness (QED) is 0.362. The summed E-state index contributed by atoms with van der Waals surface area (Å²) in [4.78, 5) is 14.9. The van der Waals surface area contributed by atoms with Crippen molar-refractivity contribution in [1.29, 1.82) is 0 Å². The van der Waals surface area contributed by atoms with Gasteiger partial charge in [-0.2, -0.15) is 0 Å². The fourth-order valence-corrected chi connectivity index (χ4v) is 1.46. The number of rotatable bonds is 7. The van der Waals surface area contributed by atoms with E-state index >= 15 is 0 Å². The Kier molecular flexibility index (Phi) is 9.51. The summed E-state index contributed by atoms with van der Waals surface area (Å²) in [5.74, 6) is 0.503. The molecule has 1 rings (SSSR count). The van der Waals surface area contributed by atoms with Crippen molar-refractivity contribution in [2.45, 2.75) is 32.9 Å². The summed E-state index contributed by atoms with van der Waals surface area (Å²) in [7, 11) is 0. The molecular formula is C14H23IN4O2. The third kappa shape index (κ3) is 8.38. The van der Waals surface area contributed by atoms with Gasteiger partial charge in [0.2, 0.25) is 0 Å². The average Bonchev–Trinajstić information content (AvgIpc) is 2.43. The monoisotopic (exact) mass is 406 g/mol. The van der Waals surface area contributed by atoms with Gasteiger partial charge in [-0.25, -0.2) is 4.99 Å². The number of nitrogens with one attached hydrogen (secondary N) is 1. The van der Waals surface area contributed by atoms with E-state index in [1.165, 1.54) is 0 Å². The molecular weight excluding hydrogens is 383 g/mol. The van der Waals surface area contributed by atoms with Gasteiger partial charge >= 0.3 is 0 Å². The molecule has 7 heteroatoms. The molecule has 0 heterocycles. The second kappa shape index (κ2) is 10.3. The van der Waals surface area contributed by atoms with Gasteiger partial charge in [-0.3, -0.25) is 4.79 Å². The van der Waals surface area contributed by atoms with Crippen molar-refractivity contribution in [3.05, 3.63) is 29.8 Å². The van der Waals surface area contributed by atoms with Crippen LogP contribution in [-0.4, -0.2) is 24.5 Å². The molecule has 21 heavy (non-hydrogen) atoms. The SMILES string of the molecule is CCC(C)NC(N)=NCc1cccc(OCC(N)=O)c1.I. The van der Waals surface area contributed by atoms with E-state index in [1.54, 1.807) is 6.07 Å². The highest BCUT2D eigenvalue weighted by molar-refractivity contribution is 14.0. The molecule has 0 bridgehead atoms. The summed E-state index contributed by atoms with van der Waals surface area (Å²) in [6.45, 7) is 4.43. The Bertz CT molecular complexity index is 480. The Morgan fingerprint density at radius 3 is 2.76 bits per heavy atom. The van der Waals surface area contributed by atoms with E-state index in [4.69, 9.17) is 16.2 Å². The molecule has 0 radical (unpaired) electrons. The molecule has 1 aromatic carbocycles. The Balaban J connectivity index is 0.00000400. The number of benzene rings is 1. The number of hydrogen-bond acceptors (Lipinski definition) is 3. The lowest BCUT2D eigenvalue weighted by Gasteiger charge is -2.11. The number of hydrogen-bond donors (Lipinski definition) is 3. The minimum absolute atomic E-state index is 0. The molecule has 6 nitrogen and oxygen atoms in total. The van der Waals surface area contributed by atoms with Gasteiger partial charge in [0.15, 0.2) is 12.6 Å². The van der Waals surface area contributed by atoms with Crippen molar-refractivity contribution in [2.75, 3.05) is 6.61 Å². The minimum atomic E-state index is -0.504. The Morgan fingerprint density at radius 2 is 2.14 bits per heavy atom. The van der Waals surface area contributed by atoms with Crippen molar-refractivity contribution < 1.29 is 9.53 Å². The van der Waals surface area contributed by atoms with E-state index in [9.17, 15) is 4.79 Å². The first kappa shape index (κ1) is 19.5. The third-order valence-corrected chi connectivity index (χ3v) is 2.72. The van der Waals surface area contributed by atoms with Crippen LogP contribution in [0.1, 0.15) is 25.8 Å². The summed E-state index contributed by atoms with van der Waals surface area (Å²) in [5, 5.41) is 3.09. The molecule has 0 saturated carbocycles. The van der Waals surface area contributed by atoms with Crippen LogP contribution >= 0.6 is 24.0 Å². The highest BCUT2D eigenvalue weighted by atomic mass is 127. The minimum Gasteiger partial charge on any atom is -0.484 e. The zero-order valence-electron chi connectivity index (χ0n) is 12.3. The van der Waals surface area contributed by atoms with Crippen LogP contribution < -0.4 is 21.5 Å². The number of aliphatic imine (C=N–C) groups is 1. The lowest BCUT2D eigenvalue weighted by molar-refractivity contribution is -0.119. The third-order valence-electron chi connectivity index (χ3n) is 2.72. The Morgan fingerprint density at radius 1 is 1.43 bits per heavy atom. The fraction of sp³-hybridized carbons (Fsp3) is 0.429. The molecule has 0 aliphatic rings. The number of halogens is 1. The van der Waals surface area contributed by atoms with Crippen LogP contribution in [0.25, 0.3) is 0 Å². The largest absolute Gasteiger partial charge is 0.484 e. The summed E-state index contributed by atoms with van der Waals surface area (Å²) in [6, 6.07) is 7.61. The van der Waals surface area contributed by atoms with Crippen LogP contribution in [-0.2, 0) is 11.3 Å². The lowest BCUT2D eigenvalue weighted by atomic mass is 10.2. The molecule has 0 aliphatic carbocycles. The van der Waals surface area contributed by atoms with Crippen molar-refractivity contribution >= 4 is 35.8 Å². The highest BCUT2D eigenvalue weighted by Gasteiger charge is 2.01. The molecule has 0 aromatic heterocycles. The maximum absolute atomic E-state index is 10.7. The molecule has 5 N–H and O–H groups in total. The van der Waals surface area contributed by atoms with Crippen LogP contribution in [0, 0.1) is 0 Å². The molecule has 0 spiro atoms. The van der Waals surface area contributed by atoms with Crippen LogP contribution in [0.2, 0.25) is 0 Å². The number of carbonyl (C=O) groups excluding carboxylic acids is 1. The number of nitrogens with two attached hydrogens (primary N) is 2. The predicted octanol–water partition coefficient (Wildman–Crippen LogP) is 1.37. The molecule has 1 unspecified atom stereocenters. The van der Waals surface area contributed by atoms with Crippen molar-refractivity contribution in [2.24, 2.45) is 16.5 Å². The van der Waals surface area contributed by atoms with E-state index in [-0.39, 0.29) is 30.6 Å². The van der Waals surface area contributed by atoms with E-state index in [0.717, 1.165) is 12.0 Å². The second-order valence-corrected chi connectivity index (χ2v) is 4.56. The zero-order chi connectivity index (χ0) is 15.0. The first-order valence-corrected chi connectivity index (χ1v) is 6.57. The van der Waals surface area contributed by atoms with Gasteiger partial charge in [0.05, 0.1) is 6.54 Å². The van der Waals surface area contributed by atoms with E-state index < -0.39 is 5.91 Å². The topological polar surface area (TPSA) is 103 Å². The molecule has 0 aliphatic heterocycles. The standard InChI is InChI=1S/C14H22N4O2.HI/c1-3-10(2)18-14(16)17-8-11-5-4-6-12(7-11)20-9-13(15)19;/h4-7,10H,3,8-9H2,1-2H3,(H2,15,19)(H3,16,17,18);1H. The second-order valence-electron chi connectivity index (χ2n) is 4.56. The first-order valence-electron chi connectivity index (χ1n) is 6.57. The summed E-state index contributed by atoms with van der Waals surface area (Å²) < 4.78 is 5.23. The maximum atomic E-state index is 10.7. The number of nitrogens with zero attached hydrogens (tertiary/aromatic N) is 1. The van der Waals surface area contributed by atoms with Gasteiger partial charge in [0.1, 0.15) is 5.75 Å².